The van der Waals surface area contributed by atoms with Gasteiger partial charge in [0.1, 0.15) is 11.5 Å². The minimum absolute atomic E-state index is 0.142. The summed E-state index contributed by atoms with van der Waals surface area (Å²) in [6, 6.07) is 14.1. The number of aryl methyl sites for hydroxylation is 1. The van der Waals surface area contributed by atoms with Crippen molar-refractivity contribution in [1.82, 2.24) is 0 Å². The predicted molar refractivity (Wildman–Crippen MR) is 147 cm³/mol. The number of allylic oxidation sites excluding steroid dienone is 1. The summed E-state index contributed by atoms with van der Waals surface area (Å²) >= 11 is 13.0. The molecule has 1 saturated heterocycles. The third-order valence-electron chi connectivity index (χ3n) is 6.88. The van der Waals surface area contributed by atoms with E-state index in [-0.39, 0.29) is 6.10 Å². The van der Waals surface area contributed by atoms with Crippen molar-refractivity contribution in [2.24, 2.45) is 17.0 Å². The Morgan fingerprint density at radius 1 is 1.06 bits per heavy atom. The highest BCUT2D eigenvalue weighted by Gasteiger charge is 2.30. The molecule has 2 unspecified atom stereocenters. The number of halogens is 2. The van der Waals surface area contributed by atoms with Gasteiger partial charge in [0.15, 0.2) is 0 Å². The molecule has 1 heterocycles. The van der Waals surface area contributed by atoms with E-state index < -0.39 is 0 Å². The van der Waals surface area contributed by atoms with E-state index in [1.54, 1.807) is 12.1 Å². The monoisotopic (exact) mass is 512 g/mol. The molecule has 186 valence electrons. The summed E-state index contributed by atoms with van der Waals surface area (Å²) in [7, 11) is 0. The van der Waals surface area contributed by atoms with Crippen molar-refractivity contribution in [3.63, 3.8) is 0 Å². The van der Waals surface area contributed by atoms with Crippen molar-refractivity contribution >= 4 is 34.6 Å². The molecule has 4 nitrogen and oxygen atoms in total. The SMILES string of the molecule is C=C(COC1CCN(c2ccc(C)cc2)CC1CC)/C(=N\OC(=C)C1CC1)c1c(Cl)cccc1Cl. The first kappa shape index (κ1) is 25.8. The molecule has 35 heavy (non-hydrogen) atoms. The van der Waals surface area contributed by atoms with Crippen LogP contribution < -0.4 is 4.90 Å². The van der Waals surface area contributed by atoms with E-state index >= 15 is 0 Å². The molecule has 1 aliphatic heterocycles. The number of ether oxygens (including phenoxy) is 1. The fourth-order valence-corrected chi connectivity index (χ4v) is 5.06. The van der Waals surface area contributed by atoms with Gasteiger partial charge < -0.3 is 14.5 Å². The average molecular weight is 514 g/mol. The van der Waals surface area contributed by atoms with Crippen molar-refractivity contribution in [3.8, 4) is 0 Å². The van der Waals surface area contributed by atoms with Gasteiger partial charge in [-0.1, -0.05) is 72.2 Å². The number of hydrogen-bond acceptors (Lipinski definition) is 4. The van der Waals surface area contributed by atoms with Gasteiger partial charge in [-0.2, -0.15) is 0 Å². The third kappa shape index (κ3) is 6.49. The van der Waals surface area contributed by atoms with Gasteiger partial charge in [-0.3, -0.25) is 0 Å². The molecule has 0 N–H and O–H groups in total. The van der Waals surface area contributed by atoms with E-state index in [4.69, 9.17) is 32.8 Å². The predicted octanol–water partition coefficient (Wildman–Crippen LogP) is 7.82. The van der Waals surface area contributed by atoms with Crippen LogP contribution in [0, 0.1) is 18.8 Å². The van der Waals surface area contributed by atoms with Crippen LogP contribution in [0.5, 0.6) is 0 Å². The van der Waals surface area contributed by atoms with Crippen LogP contribution in [0.4, 0.5) is 5.69 Å². The Hall–Kier alpha value is -2.27. The number of nitrogens with zero attached hydrogens (tertiary/aromatic N) is 2. The van der Waals surface area contributed by atoms with Crippen LogP contribution in [0.2, 0.25) is 10.0 Å². The largest absolute Gasteiger partial charge is 0.373 e. The first-order valence-corrected chi connectivity index (χ1v) is 13.1. The quantitative estimate of drug-likeness (QED) is 0.185. The van der Waals surface area contributed by atoms with Crippen LogP contribution >= 0.6 is 23.2 Å². The summed E-state index contributed by atoms with van der Waals surface area (Å²) in [5, 5.41) is 5.39. The zero-order valence-electron chi connectivity index (χ0n) is 20.6. The number of rotatable bonds is 10. The van der Waals surface area contributed by atoms with Gasteiger partial charge >= 0.3 is 0 Å². The van der Waals surface area contributed by atoms with E-state index in [2.05, 4.69) is 61.3 Å². The first-order chi connectivity index (χ1) is 16.9. The molecule has 1 saturated carbocycles. The zero-order valence-corrected chi connectivity index (χ0v) is 22.1. The number of benzene rings is 2. The fraction of sp³-hybridized carbons (Fsp3) is 0.414. The second-order valence-electron chi connectivity index (χ2n) is 9.56. The highest BCUT2D eigenvalue weighted by Crippen LogP contribution is 2.36. The van der Waals surface area contributed by atoms with Crippen LogP contribution in [0.25, 0.3) is 0 Å². The number of anilines is 1. The minimum atomic E-state index is 0.142. The molecule has 1 aliphatic carbocycles. The minimum Gasteiger partial charge on any atom is -0.373 e. The standard InChI is InChI=1S/C29H34Cl2N2O2/c1-5-22-17-33(24-13-9-19(2)10-14-24)16-15-27(22)34-18-20(3)29(32-35-21(4)23-11-12-23)28-25(30)7-6-8-26(28)31/h6-10,13-14,22-23,27H,3-5,11-12,15-18H2,1-2H3/b32-29+. The summed E-state index contributed by atoms with van der Waals surface area (Å²) in [4.78, 5) is 8.13. The Labute approximate surface area is 219 Å². The molecule has 0 bridgehead atoms. The van der Waals surface area contributed by atoms with Crippen LogP contribution in [-0.4, -0.2) is 31.5 Å². The van der Waals surface area contributed by atoms with Gasteiger partial charge in [-0.05, 0) is 56.9 Å². The lowest BCUT2D eigenvalue weighted by Gasteiger charge is -2.39. The van der Waals surface area contributed by atoms with Crippen LogP contribution in [0.15, 0.2) is 72.1 Å². The van der Waals surface area contributed by atoms with E-state index in [1.807, 2.05) is 6.07 Å². The second-order valence-corrected chi connectivity index (χ2v) is 10.4. The third-order valence-corrected chi connectivity index (χ3v) is 7.51. The number of hydrogen-bond donors (Lipinski definition) is 0. The van der Waals surface area contributed by atoms with Gasteiger partial charge in [-0.15, -0.1) is 0 Å². The molecule has 0 radical (unpaired) electrons. The number of oxime groups is 1. The Bertz CT molecular complexity index is 1070. The Balaban J connectivity index is 1.44. The van der Waals surface area contributed by atoms with Crippen molar-refractivity contribution < 1.29 is 9.57 Å². The van der Waals surface area contributed by atoms with Gasteiger partial charge in [0.05, 0.1) is 22.8 Å². The Morgan fingerprint density at radius 3 is 2.37 bits per heavy atom. The molecule has 0 aromatic heterocycles. The molecule has 2 aromatic carbocycles. The van der Waals surface area contributed by atoms with Gasteiger partial charge in [0.2, 0.25) is 0 Å². The second kappa shape index (κ2) is 11.6. The lowest BCUT2D eigenvalue weighted by molar-refractivity contribution is 0.0132. The zero-order chi connectivity index (χ0) is 24.9. The van der Waals surface area contributed by atoms with Crippen molar-refractivity contribution in [3.05, 3.63) is 88.1 Å². The maximum Gasteiger partial charge on any atom is 0.131 e. The summed E-state index contributed by atoms with van der Waals surface area (Å²) < 4.78 is 6.43. The molecule has 2 aromatic rings. The molecule has 4 rings (SSSR count). The van der Waals surface area contributed by atoms with Gasteiger partial charge in [0.25, 0.3) is 0 Å². The number of piperidine rings is 1. The molecule has 6 heteroatoms. The van der Waals surface area contributed by atoms with Crippen molar-refractivity contribution in [2.45, 2.75) is 45.6 Å². The van der Waals surface area contributed by atoms with Crippen molar-refractivity contribution in [2.75, 3.05) is 24.6 Å². The molecule has 0 spiro atoms. The van der Waals surface area contributed by atoms with Gasteiger partial charge in [0, 0.05) is 41.7 Å². The molecule has 2 aliphatic rings. The lowest BCUT2D eigenvalue weighted by atomic mass is 9.91. The van der Waals surface area contributed by atoms with Crippen molar-refractivity contribution in [1.29, 1.82) is 0 Å². The molecule has 2 fully saturated rings. The summed E-state index contributed by atoms with van der Waals surface area (Å²) in [5.41, 5.74) is 4.34. The van der Waals surface area contributed by atoms with E-state index in [1.165, 1.54) is 11.3 Å². The highest BCUT2D eigenvalue weighted by atomic mass is 35.5. The van der Waals surface area contributed by atoms with Crippen LogP contribution in [0.1, 0.15) is 43.7 Å². The van der Waals surface area contributed by atoms with E-state index in [0.29, 0.717) is 51.1 Å². The molecular weight excluding hydrogens is 479 g/mol. The Morgan fingerprint density at radius 2 is 1.74 bits per heavy atom. The summed E-state index contributed by atoms with van der Waals surface area (Å²) in [5.74, 6) is 1.46. The molecular formula is C29H34Cl2N2O2. The van der Waals surface area contributed by atoms with E-state index in [9.17, 15) is 0 Å². The first-order valence-electron chi connectivity index (χ1n) is 12.4. The topological polar surface area (TPSA) is 34.1 Å². The summed E-state index contributed by atoms with van der Waals surface area (Å²) in [6.07, 6.45) is 4.30. The fourth-order valence-electron chi connectivity index (χ4n) is 4.48. The Kier molecular flexibility index (Phi) is 8.59. The van der Waals surface area contributed by atoms with Crippen LogP contribution in [-0.2, 0) is 9.57 Å². The maximum absolute atomic E-state index is 6.51. The molecule has 2 atom stereocenters. The molecule has 0 amide bonds. The highest BCUT2D eigenvalue weighted by molar-refractivity contribution is 6.41. The lowest BCUT2D eigenvalue weighted by Crippen LogP contribution is -2.44. The van der Waals surface area contributed by atoms with E-state index in [0.717, 1.165) is 38.8 Å². The van der Waals surface area contributed by atoms with Crippen LogP contribution in [0.3, 0.4) is 0 Å². The van der Waals surface area contributed by atoms with Gasteiger partial charge in [-0.25, -0.2) is 0 Å². The summed E-state index contributed by atoms with van der Waals surface area (Å²) in [6.45, 7) is 14.9. The smallest absolute Gasteiger partial charge is 0.131 e. The average Bonchev–Trinajstić information content (AvgIpc) is 3.70. The normalized spacial score (nSPS) is 20.6. The maximum atomic E-state index is 6.51.